The molecule has 0 bridgehead atoms. The monoisotopic (exact) mass is 362 g/mol. The first-order valence-electron chi connectivity index (χ1n) is 6.69. The summed E-state index contributed by atoms with van der Waals surface area (Å²) in [4.78, 5) is 25.7. The van der Waals surface area contributed by atoms with E-state index in [-0.39, 0.29) is 23.9 Å². The minimum Gasteiger partial charge on any atom is -0.371 e. The number of hydrogen-bond acceptors (Lipinski definition) is 3. The van der Waals surface area contributed by atoms with E-state index in [2.05, 4.69) is 21.2 Å². The van der Waals surface area contributed by atoms with E-state index in [0.29, 0.717) is 5.69 Å². The lowest BCUT2D eigenvalue weighted by molar-refractivity contribution is -0.121. The largest absolute Gasteiger partial charge is 0.371 e. The zero-order valence-electron chi connectivity index (χ0n) is 11.4. The summed E-state index contributed by atoms with van der Waals surface area (Å²) in [6.45, 7) is 0. The quantitative estimate of drug-likeness (QED) is 0.852. The molecule has 0 aliphatic carbocycles. The molecule has 112 valence electrons. The van der Waals surface area contributed by atoms with Crippen molar-refractivity contribution in [1.82, 2.24) is 0 Å². The molecule has 2 aromatic rings. The van der Waals surface area contributed by atoms with Gasteiger partial charge < -0.3 is 5.32 Å². The molecule has 4 nitrogen and oxygen atoms in total. The fourth-order valence-electron chi connectivity index (χ4n) is 2.37. The van der Waals surface area contributed by atoms with Crippen molar-refractivity contribution in [3.8, 4) is 0 Å². The first-order chi connectivity index (χ1) is 10.6. The van der Waals surface area contributed by atoms with Gasteiger partial charge in [0.15, 0.2) is 0 Å². The lowest BCUT2D eigenvalue weighted by Crippen LogP contribution is -2.34. The van der Waals surface area contributed by atoms with E-state index in [4.69, 9.17) is 0 Å². The third-order valence-corrected chi connectivity index (χ3v) is 3.96. The summed E-state index contributed by atoms with van der Waals surface area (Å²) in [6.07, 6.45) is 0.00321. The smallest absolute Gasteiger partial charge is 0.256 e. The van der Waals surface area contributed by atoms with Gasteiger partial charge in [-0.05, 0) is 36.4 Å². The van der Waals surface area contributed by atoms with E-state index in [9.17, 15) is 14.0 Å². The Labute approximate surface area is 135 Å². The van der Waals surface area contributed by atoms with Gasteiger partial charge in [-0.2, -0.15) is 0 Å². The van der Waals surface area contributed by atoms with Crippen LogP contribution >= 0.6 is 15.9 Å². The van der Waals surface area contributed by atoms with Gasteiger partial charge in [-0.1, -0.05) is 28.1 Å². The predicted molar refractivity (Wildman–Crippen MR) is 85.1 cm³/mol. The summed E-state index contributed by atoms with van der Waals surface area (Å²) < 4.78 is 14.5. The molecule has 0 saturated carbocycles. The summed E-state index contributed by atoms with van der Waals surface area (Å²) in [7, 11) is 0. The van der Waals surface area contributed by atoms with E-state index in [1.165, 1.54) is 12.1 Å². The molecule has 6 heteroatoms. The number of para-hydroxylation sites is 1. The molecule has 22 heavy (non-hydrogen) atoms. The molecule has 1 N–H and O–H groups in total. The number of hydrogen-bond donors (Lipinski definition) is 1. The first-order valence-corrected chi connectivity index (χ1v) is 7.49. The zero-order valence-corrected chi connectivity index (χ0v) is 13.0. The molecule has 2 amide bonds. The minimum atomic E-state index is -0.756. The van der Waals surface area contributed by atoms with Gasteiger partial charge in [0.1, 0.15) is 11.9 Å². The Morgan fingerprint density at radius 3 is 2.45 bits per heavy atom. The minimum absolute atomic E-state index is 0.00321. The fourth-order valence-corrected chi connectivity index (χ4v) is 2.64. The summed E-state index contributed by atoms with van der Waals surface area (Å²) in [5.41, 5.74) is 0.724. The van der Waals surface area contributed by atoms with Crippen LogP contribution in [-0.4, -0.2) is 17.9 Å². The molecule has 1 aliphatic rings. The van der Waals surface area contributed by atoms with Crippen LogP contribution < -0.4 is 10.2 Å². The number of amides is 2. The standard InChI is InChI=1S/C16H12BrFN2O2/c17-10-5-7-11(8-6-10)20-15(21)9-14(16(20)22)19-13-4-2-1-3-12(13)18/h1-8,14,19H,9H2/t14-/m1/s1. The normalized spacial score (nSPS) is 17.9. The van der Waals surface area contributed by atoms with Gasteiger partial charge in [0.25, 0.3) is 5.91 Å². The maximum Gasteiger partial charge on any atom is 0.256 e. The van der Waals surface area contributed by atoms with Crippen LogP contribution in [0.5, 0.6) is 0 Å². The van der Waals surface area contributed by atoms with Crippen molar-refractivity contribution in [2.75, 3.05) is 10.2 Å². The number of carbonyl (C=O) groups is 2. The third kappa shape index (κ3) is 2.74. The lowest BCUT2D eigenvalue weighted by atomic mass is 10.2. The second kappa shape index (κ2) is 5.88. The molecule has 3 rings (SSSR count). The first kappa shape index (κ1) is 14.7. The van der Waals surface area contributed by atoms with Crippen molar-refractivity contribution >= 4 is 39.1 Å². The number of benzene rings is 2. The number of nitrogens with zero attached hydrogens (tertiary/aromatic N) is 1. The molecule has 0 unspecified atom stereocenters. The molecule has 1 aliphatic heterocycles. The van der Waals surface area contributed by atoms with Crippen molar-refractivity contribution < 1.29 is 14.0 Å². The number of halogens is 2. The van der Waals surface area contributed by atoms with Crippen molar-refractivity contribution in [2.24, 2.45) is 0 Å². The van der Waals surface area contributed by atoms with Crippen LogP contribution in [0, 0.1) is 5.82 Å². The van der Waals surface area contributed by atoms with E-state index < -0.39 is 11.9 Å². The van der Waals surface area contributed by atoms with Gasteiger partial charge in [0.2, 0.25) is 5.91 Å². The molecule has 0 spiro atoms. The van der Waals surface area contributed by atoms with E-state index in [1.54, 1.807) is 36.4 Å². The Morgan fingerprint density at radius 1 is 1.09 bits per heavy atom. The van der Waals surface area contributed by atoms with Gasteiger partial charge in [-0.15, -0.1) is 0 Å². The van der Waals surface area contributed by atoms with Crippen LogP contribution in [0.4, 0.5) is 15.8 Å². The van der Waals surface area contributed by atoms with Gasteiger partial charge in [-0.25, -0.2) is 9.29 Å². The molecule has 1 saturated heterocycles. The average molecular weight is 363 g/mol. The molecular formula is C16H12BrFN2O2. The third-order valence-electron chi connectivity index (χ3n) is 3.44. The molecule has 0 aromatic heterocycles. The van der Waals surface area contributed by atoms with E-state index in [1.807, 2.05) is 0 Å². The van der Waals surface area contributed by atoms with Gasteiger partial charge in [0, 0.05) is 4.47 Å². The summed E-state index contributed by atoms with van der Waals surface area (Å²) in [6, 6.07) is 12.2. The highest BCUT2D eigenvalue weighted by Crippen LogP contribution is 2.26. The van der Waals surface area contributed by atoms with Crippen molar-refractivity contribution in [2.45, 2.75) is 12.5 Å². The maximum atomic E-state index is 13.7. The number of imide groups is 1. The number of anilines is 2. The fraction of sp³-hybridized carbons (Fsp3) is 0.125. The van der Waals surface area contributed by atoms with Crippen LogP contribution in [0.1, 0.15) is 6.42 Å². The van der Waals surface area contributed by atoms with E-state index in [0.717, 1.165) is 9.37 Å². The van der Waals surface area contributed by atoms with Gasteiger partial charge >= 0.3 is 0 Å². The summed E-state index contributed by atoms with van der Waals surface area (Å²) in [5, 5.41) is 2.80. The summed E-state index contributed by atoms with van der Waals surface area (Å²) in [5.74, 6) is -1.14. The van der Waals surface area contributed by atoms with Crippen molar-refractivity contribution in [3.05, 3.63) is 58.8 Å². The van der Waals surface area contributed by atoms with Gasteiger partial charge in [0.05, 0.1) is 17.8 Å². The molecule has 2 aromatic carbocycles. The van der Waals surface area contributed by atoms with Crippen LogP contribution in [-0.2, 0) is 9.59 Å². The van der Waals surface area contributed by atoms with Crippen LogP contribution in [0.2, 0.25) is 0 Å². The zero-order chi connectivity index (χ0) is 15.7. The second-order valence-corrected chi connectivity index (χ2v) is 5.84. The highest BCUT2D eigenvalue weighted by atomic mass is 79.9. The Bertz CT molecular complexity index is 733. The number of nitrogens with one attached hydrogen (secondary N) is 1. The van der Waals surface area contributed by atoms with Crippen LogP contribution in [0.15, 0.2) is 53.0 Å². The maximum absolute atomic E-state index is 13.7. The van der Waals surface area contributed by atoms with E-state index >= 15 is 0 Å². The predicted octanol–water partition coefficient (Wildman–Crippen LogP) is 3.33. The highest BCUT2D eigenvalue weighted by molar-refractivity contribution is 9.10. The average Bonchev–Trinajstić information content (AvgIpc) is 2.77. The highest BCUT2D eigenvalue weighted by Gasteiger charge is 2.39. The molecule has 0 radical (unpaired) electrons. The van der Waals surface area contributed by atoms with Crippen LogP contribution in [0.3, 0.4) is 0 Å². The Morgan fingerprint density at radius 2 is 1.77 bits per heavy atom. The van der Waals surface area contributed by atoms with Crippen LogP contribution in [0.25, 0.3) is 0 Å². The molecule has 1 fully saturated rings. The Hall–Kier alpha value is -2.21. The Kier molecular flexibility index (Phi) is 3.94. The second-order valence-electron chi connectivity index (χ2n) is 4.92. The summed E-state index contributed by atoms with van der Waals surface area (Å²) >= 11 is 3.31. The number of carbonyl (C=O) groups excluding carboxylic acids is 2. The number of rotatable bonds is 3. The molecule has 1 heterocycles. The van der Waals surface area contributed by atoms with Crippen molar-refractivity contribution in [1.29, 1.82) is 0 Å². The topological polar surface area (TPSA) is 49.4 Å². The van der Waals surface area contributed by atoms with Gasteiger partial charge in [-0.3, -0.25) is 9.59 Å². The lowest BCUT2D eigenvalue weighted by Gasteiger charge is -2.16. The van der Waals surface area contributed by atoms with Crippen molar-refractivity contribution in [3.63, 3.8) is 0 Å². The molecular weight excluding hydrogens is 351 g/mol. The SMILES string of the molecule is O=C1C[C@@H](Nc2ccccc2F)C(=O)N1c1ccc(Br)cc1. The Balaban J connectivity index is 1.82. The molecule has 1 atom stereocenters.